The van der Waals surface area contributed by atoms with Crippen molar-refractivity contribution in [2.45, 2.75) is 38.4 Å². The molecule has 0 N–H and O–H groups in total. The molecular formula is C24H26N4OS. The minimum absolute atomic E-state index is 0.00523. The first-order valence-electron chi connectivity index (χ1n) is 10.4. The summed E-state index contributed by atoms with van der Waals surface area (Å²) < 4.78 is 7.72. The fourth-order valence-electron chi connectivity index (χ4n) is 4.54. The number of amidine groups is 1. The lowest BCUT2D eigenvalue weighted by atomic mass is 9.99. The number of rotatable bonds is 5. The van der Waals surface area contributed by atoms with Gasteiger partial charge in [-0.1, -0.05) is 24.8 Å². The van der Waals surface area contributed by atoms with Gasteiger partial charge in [0.15, 0.2) is 5.17 Å². The van der Waals surface area contributed by atoms with Crippen molar-refractivity contribution in [3.05, 3.63) is 77.9 Å². The molecule has 154 valence electrons. The quantitative estimate of drug-likeness (QED) is 0.573. The van der Waals surface area contributed by atoms with Crippen LogP contribution in [0.25, 0.3) is 5.69 Å². The van der Waals surface area contributed by atoms with Crippen LogP contribution in [0.3, 0.4) is 0 Å². The zero-order valence-electron chi connectivity index (χ0n) is 17.5. The minimum atomic E-state index is -0.00523. The molecule has 2 aliphatic heterocycles. The first-order chi connectivity index (χ1) is 14.7. The average molecular weight is 419 g/mol. The molecule has 0 unspecified atom stereocenters. The number of hydrogen-bond donors (Lipinski definition) is 0. The first kappa shape index (κ1) is 19.2. The van der Waals surface area contributed by atoms with E-state index < -0.39 is 0 Å². The van der Waals surface area contributed by atoms with E-state index in [0.717, 1.165) is 34.5 Å². The smallest absolute Gasteiger partial charge is 0.160 e. The Hall–Kier alpha value is -2.73. The van der Waals surface area contributed by atoms with Gasteiger partial charge in [-0.25, -0.2) is 0 Å². The first-order valence-corrected chi connectivity index (χ1v) is 11.4. The molecule has 30 heavy (non-hydrogen) atoms. The second-order valence-corrected chi connectivity index (χ2v) is 8.76. The SMILES string of the molecule is CC[C@@H]1CSC2=N[C@H](c3ccccn3)[C@@H](c3ccc(C)n3-c3ccc(OC)cc3)N21. The number of nitrogens with zero attached hydrogens (tertiary/aromatic N) is 4. The molecule has 0 radical (unpaired) electrons. The summed E-state index contributed by atoms with van der Waals surface area (Å²) in [4.78, 5) is 12.4. The number of fused-ring (bicyclic) bond motifs is 1. The summed E-state index contributed by atoms with van der Waals surface area (Å²) in [5, 5.41) is 1.16. The molecule has 1 saturated heterocycles. The second-order valence-electron chi connectivity index (χ2n) is 7.77. The standard InChI is InChI=1S/C24H26N4OS/c1-4-17-15-30-24-26-22(20-7-5-6-14-25-20)23(28(17)24)21-13-8-16(2)27(21)18-9-11-19(29-3)12-10-18/h5-14,17,22-23H,4,15H2,1-3H3/t17-,22-,23-/m1/s1. The Morgan fingerprint density at radius 1 is 1.10 bits per heavy atom. The number of methoxy groups -OCH3 is 1. The highest BCUT2D eigenvalue weighted by Gasteiger charge is 2.46. The molecule has 2 aliphatic rings. The molecule has 2 aromatic heterocycles. The number of aliphatic imine (C=N–C) groups is 1. The zero-order valence-corrected chi connectivity index (χ0v) is 18.3. The monoisotopic (exact) mass is 418 g/mol. The number of ether oxygens (including phenoxy) is 1. The van der Waals surface area contributed by atoms with Crippen molar-refractivity contribution in [1.29, 1.82) is 0 Å². The molecule has 1 aromatic carbocycles. The molecule has 4 heterocycles. The van der Waals surface area contributed by atoms with Crippen molar-refractivity contribution in [2.24, 2.45) is 4.99 Å². The van der Waals surface area contributed by atoms with Crippen LogP contribution in [0.2, 0.25) is 0 Å². The van der Waals surface area contributed by atoms with Crippen LogP contribution < -0.4 is 4.74 Å². The fourth-order valence-corrected chi connectivity index (χ4v) is 5.88. The molecule has 3 aromatic rings. The zero-order chi connectivity index (χ0) is 20.7. The Morgan fingerprint density at radius 3 is 2.63 bits per heavy atom. The third-order valence-electron chi connectivity index (χ3n) is 6.07. The molecule has 1 fully saturated rings. The molecule has 5 rings (SSSR count). The molecule has 0 spiro atoms. The van der Waals surface area contributed by atoms with Gasteiger partial charge in [0.05, 0.1) is 12.8 Å². The van der Waals surface area contributed by atoms with Gasteiger partial charge in [-0.2, -0.15) is 0 Å². The largest absolute Gasteiger partial charge is 0.497 e. The summed E-state index contributed by atoms with van der Waals surface area (Å²) in [6, 6.07) is 19.5. The maximum absolute atomic E-state index is 5.36. The summed E-state index contributed by atoms with van der Waals surface area (Å²) in [5.41, 5.74) is 4.64. The topological polar surface area (TPSA) is 42.6 Å². The van der Waals surface area contributed by atoms with Crippen molar-refractivity contribution >= 4 is 16.9 Å². The van der Waals surface area contributed by atoms with E-state index in [0.29, 0.717) is 6.04 Å². The van der Waals surface area contributed by atoms with Gasteiger partial charge in [-0.3, -0.25) is 9.98 Å². The van der Waals surface area contributed by atoms with Crippen LogP contribution in [0.5, 0.6) is 5.75 Å². The maximum atomic E-state index is 5.36. The van der Waals surface area contributed by atoms with Crippen molar-refractivity contribution in [3.63, 3.8) is 0 Å². The van der Waals surface area contributed by atoms with Gasteiger partial charge in [-0.05, 0) is 61.9 Å². The number of aryl methyl sites for hydroxylation is 1. The molecule has 5 nitrogen and oxygen atoms in total. The number of hydrogen-bond acceptors (Lipinski definition) is 5. The second kappa shape index (κ2) is 7.84. The van der Waals surface area contributed by atoms with E-state index >= 15 is 0 Å². The van der Waals surface area contributed by atoms with Crippen LogP contribution in [0.15, 0.2) is 65.8 Å². The molecule has 0 amide bonds. The number of benzene rings is 1. The van der Waals surface area contributed by atoms with Gasteiger partial charge in [0.25, 0.3) is 0 Å². The van der Waals surface area contributed by atoms with Gasteiger partial charge < -0.3 is 14.2 Å². The highest BCUT2D eigenvalue weighted by atomic mass is 32.2. The average Bonchev–Trinajstić information content (AvgIpc) is 3.47. The third kappa shape index (κ3) is 3.10. The van der Waals surface area contributed by atoms with Gasteiger partial charge in [0.2, 0.25) is 0 Å². The van der Waals surface area contributed by atoms with E-state index in [1.165, 1.54) is 11.4 Å². The van der Waals surface area contributed by atoms with Crippen LogP contribution >= 0.6 is 11.8 Å². The number of aromatic nitrogens is 2. The number of thioether (sulfide) groups is 1. The predicted octanol–water partition coefficient (Wildman–Crippen LogP) is 5.17. The van der Waals surface area contributed by atoms with Gasteiger partial charge in [-0.15, -0.1) is 0 Å². The predicted molar refractivity (Wildman–Crippen MR) is 123 cm³/mol. The van der Waals surface area contributed by atoms with Crippen LogP contribution in [0, 0.1) is 6.92 Å². The third-order valence-corrected chi connectivity index (χ3v) is 7.20. The van der Waals surface area contributed by atoms with E-state index in [1.807, 2.05) is 36.2 Å². The lowest BCUT2D eigenvalue weighted by Crippen LogP contribution is -2.36. The lowest BCUT2D eigenvalue weighted by molar-refractivity contribution is 0.248. The summed E-state index contributed by atoms with van der Waals surface area (Å²) in [6.45, 7) is 4.43. The molecule has 0 bridgehead atoms. The Balaban J connectivity index is 1.63. The summed E-state index contributed by atoms with van der Waals surface area (Å²) in [6.07, 6.45) is 2.98. The fraction of sp³-hybridized carbons (Fsp3) is 0.333. The Bertz CT molecular complexity index is 1060. The summed E-state index contributed by atoms with van der Waals surface area (Å²) in [5.74, 6) is 1.97. The Labute approximate surface area is 181 Å². The van der Waals surface area contributed by atoms with Crippen LogP contribution in [-0.2, 0) is 0 Å². The molecular weight excluding hydrogens is 392 g/mol. The number of pyridine rings is 1. The van der Waals surface area contributed by atoms with Crippen LogP contribution in [0.4, 0.5) is 0 Å². The Morgan fingerprint density at radius 2 is 1.93 bits per heavy atom. The minimum Gasteiger partial charge on any atom is -0.497 e. The maximum Gasteiger partial charge on any atom is 0.160 e. The van der Waals surface area contributed by atoms with E-state index in [-0.39, 0.29) is 12.1 Å². The van der Waals surface area contributed by atoms with Crippen molar-refractivity contribution in [1.82, 2.24) is 14.5 Å². The highest BCUT2D eigenvalue weighted by Crippen LogP contribution is 2.49. The van der Waals surface area contributed by atoms with Crippen LogP contribution in [0.1, 0.15) is 42.5 Å². The van der Waals surface area contributed by atoms with Gasteiger partial charge in [0, 0.05) is 35.1 Å². The van der Waals surface area contributed by atoms with Crippen molar-refractivity contribution in [3.8, 4) is 11.4 Å². The van der Waals surface area contributed by atoms with Crippen LogP contribution in [-0.4, -0.2) is 38.5 Å². The van der Waals surface area contributed by atoms with E-state index in [1.54, 1.807) is 7.11 Å². The molecule has 0 saturated carbocycles. The molecule has 0 aliphatic carbocycles. The van der Waals surface area contributed by atoms with Crippen molar-refractivity contribution in [2.75, 3.05) is 12.9 Å². The van der Waals surface area contributed by atoms with E-state index in [4.69, 9.17) is 9.73 Å². The summed E-state index contributed by atoms with van der Waals surface area (Å²) >= 11 is 1.88. The molecule has 3 atom stereocenters. The lowest BCUT2D eigenvalue weighted by Gasteiger charge is -2.32. The van der Waals surface area contributed by atoms with E-state index in [2.05, 4.69) is 64.7 Å². The van der Waals surface area contributed by atoms with E-state index in [9.17, 15) is 0 Å². The summed E-state index contributed by atoms with van der Waals surface area (Å²) in [7, 11) is 1.70. The molecule has 6 heteroatoms. The van der Waals surface area contributed by atoms with Gasteiger partial charge in [0.1, 0.15) is 17.8 Å². The Kier molecular flexibility index (Phi) is 5.03. The van der Waals surface area contributed by atoms with Gasteiger partial charge >= 0.3 is 0 Å². The normalized spacial score (nSPS) is 22.8. The van der Waals surface area contributed by atoms with Crippen molar-refractivity contribution < 1.29 is 4.74 Å². The highest BCUT2D eigenvalue weighted by molar-refractivity contribution is 8.14.